The zero-order valence-corrected chi connectivity index (χ0v) is 9.34. The molecule has 1 rings (SSSR count). The quantitative estimate of drug-likeness (QED) is 0.689. The molecule has 0 aromatic heterocycles. The van der Waals surface area contributed by atoms with Crippen LogP contribution in [0.1, 0.15) is 5.56 Å². The number of methoxy groups -OCH3 is 1. The first kappa shape index (κ1) is 12.8. The number of ether oxygens (including phenoxy) is 1. The van der Waals surface area contributed by atoms with Crippen LogP contribution in [0.15, 0.2) is 24.3 Å². The van der Waals surface area contributed by atoms with Gasteiger partial charge in [-0.1, -0.05) is 12.1 Å². The van der Waals surface area contributed by atoms with E-state index in [0.29, 0.717) is 5.75 Å². The molecule has 1 aromatic rings. The number of primary amides is 1. The van der Waals surface area contributed by atoms with Crippen LogP contribution in [0.5, 0.6) is 5.75 Å². The fraction of sp³-hybridized carbons (Fsp3) is 0.273. The standard InChI is InChI=1S/C11H14N2O4/c1-17-8-4-2-7(3-5-8)6-9(10(12)14)13-11(15)16/h2-5,9,13H,6H2,1H3,(H2,12,14)(H,15,16)/t9-/m0/s1. The van der Waals surface area contributed by atoms with Gasteiger partial charge in [-0.05, 0) is 17.7 Å². The lowest BCUT2D eigenvalue weighted by Gasteiger charge is -2.13. The second-order valence-corrected chi connectivity index (χ2v) is 3.46. The summed E-state index contributed by atoms with van der Waals surface area (Å²) in [6.07, 6.45) is -1.06. The molecule has 6 nitrogen and oxygen atoms in total. The van der Waals surface area contributed by atoms with Crippen molar-refractivity contribution in [1.29, 1.82) is 0 Å². The van der Waals surface area contributed by atoms with Crippen molar-refractivity contribution >= 4 is 12.0 Å². The molecule has 0 heterocycles. The van der Waals surface area contributed by atoms with Crippen molar-refractivity contribution < 1.29 is 19.4 Å². The molecule has 92 valence electrons. The fourth-order valence-corrected chi connectivity index (χ4v) is 1.37. The molecule has 0 bridgehead atoms. The zero-order chi connectivity index (χ0) is 12.8. The highest BCUT2D eigenvalue weighted by Gasteiger charge is 2.17. The normalized spacial score (nSPS) is 11.6. The van der Waals surface area contributed by atoms with Crippen LogP contribution in [-0.4, -0.2) is 30.3 Å². The summed E-state index contributed by atoms with van der Waals surface area (Å²) >= 11 is 0. The number of nitrogens with two attached hydrogens (primary N) is 1. The van der Waals surface area contributed by atoms with Crippen molar-refractivity contribution in [2.24, 2.45) is 5.73 Å². The third kappa shape index (κ3) is 4.02. The van der Waals surface area contributed by atoms with Crippen molar-refractivity contribution in [2.75, 3.05) is 7.11 Å². The summed E-state index contributed by atoms with van der Waals surface area (Å²) in [5.74, 6) is -0.0150. The van der Waals surface area contributed by atoms with Gasteiger partial charge in [0, 0.05) is 6.42 Å². The Hall–Kier alpha value is -2.24. The van der Waals surface area contributed by atoms with E-state index in [0.717, 1.165) is 5.56 Å². The van der Waals surface area contributed by atoms with Gasteiger partial charge in [0.05, 0.1) is 7.11 Å². The van der Waals surface area contributed by atoms with Gasteiger partial charge in [-0.2, -0.15) is 0 Å². The van der Waals surface area contributed by atoms with E-state index >= 15 is 0 Å². The maximum atomic E-state index is 11.0. The molecule has 2 amide bonds. The summed E-state index contributed by atoms with van der Waals surface area (Å²) < 4.78 is 4.98. The summed E-state index contributed by atoms with van der Waals surface area (Å²) in [6.45, 7) is 0. The van der Waals surface area contributed by atoms with Crippen molar-refractivity contribution in [3.63, 3.8) is 0 Å². The van der Waals surface area contributed by atoms with Crippen LogP contribution in [-0.2, 0) is 11.2 Å². The molecule has 0 fully saturated rings. The fourth-order valence-electron chi connectivity index (χ4n) is 1.37. The van der Waals surface area contributed by atoms with Crippen molar-refractivity contribution in [3.8, 4) is 5.75 Å². The lowest BCUT2D eigenvalue weighted by atomic mass is 10.1. The molecular weight excluding hydrogens is 224 g/mol. The Morgan fingerprint density at radius 2 is 2.00 bits per heavy atom. The molecule has 0 aliphatic heterocycles. The van der Waals surface area contributed by atoms with Crippen molar-refractivity contribution in [3.05, 3.63) is 29.8 Å². The highest BCUT2D eigenvalue weighted by Crippen LogP contribution is 2.12. The van der Waals surface area contributed by atoms with Gasteiger partial charge in [-0.25, -0.2) is 4.79 Å². The average Bonchev–Trinajstić information content (AvgIpc) is 2.28. The summed E-state index contributed by atoms with van der Waals surface area (Å²) in [5, 5.41) is 10.6. The summed E-state index contributed by atoms with van der Waals surface area (Å²) in [4.78, 5) is 21.5. The molecule has 0 aliphatic rings. The van der Waals surface area contributed by atoms with Crippen LogP contribution < -0.4 is 15.8 Å². The van der Waals surface area contributed by atoms with Crippen LogP contribution in [0.25, 0.3) is 0 Å². The number of carbonyl (C=O) groups excluding carboxylic acids is 1. The second kappa shape index (κ2) is 5.74. The molecule has 0 saturated carbocycles. The molecular formula is C11H14N2O4. The highest BCUT2D eigenvalue weighted by molar-refractivity contribution is 5.84. The van der Waals surface area contributed by atoms with Crippen LogP contribution in [0, 0.1) is 0 Å². The first-order valence-corrected chi connectivity index (χ1v) is 4.94. The highest BCUT2D eigenvalue weighted by atomic mass is 16.5. The lowest BCUT2D eigenvalue weighted by molar-refractivity contribution is -0.119. The Labute approximate surface area is 98.4 Å². The Morgan fingerprint density at radius 3 is 2.41 bits per heavy atom. The minimum Gasteiger partial charge on any atom is -0.497 e. The number of carboxylic acid groups (broad SMARTS) is 1. The van der Waals surface area contributed by atoms with Gasteiger partial charge in [-0.3, -0.25) is 4.79 Å². The maximum absolute atomic E-state index is 11.0. The minimum atomic E-state index is -1.28. The number of amides is 2. The van der Waals surface area contributed by atoms with E-state index in [2.05, 4.69) is 5.32 Å². The molecule has 4 N–H and O–H groups in total. The van der Waals surface area contributed by atoms with E-state index in [9.17, 15) is 9.59 Å². The van der Waals surface area contributed by atoms with E-state index in [1.165, 1.54) is 0 Å². The number of rotatable bonds is 5. The van der Waals surface area contributed by atoms with E-state index in [1.807, 2.05) is 0 Å². The maximum Gasteiger partial charge on any atom is 0.405 e. The van der Waals surface area contributed by atoms with Crippen LogP contribution in [0.4, 0.5) is 4.79 Å². The SMILES string of the molecule is COc1ccc(C[C@H](NC(=O)O)C(N)=O)cc1. The topological polar surface area (TPSA) is 102 Å². The largest absolute Gasteiger partial charge is 0.497 e. The van der Waals surface area contributed by atoms with Gasteiger partial charge in [0.1, 0.15) is 11.8 Å². The van der Waals surface area contributed by atoms with E-state index in [4.69, 9.17) is 15.6 Å². The van der Waals surface area contributed by atoms with E-state index in [1.54, 1.807) is 31.4 Å². The van der Waals surface area contributed by atoms with Crippen molar-refractivity contribution in [1.82, 2.24) is 5.32 Å². The molecule has 0 radical (unpaired) electrons. The Kier molecular flexibility index (Phi) is 4.33. The van der Waals surface area contributed by atoms with Gasteiger partial charge in [-0.15, -0.1) is 0 Å². The molecule has 0 aliphatic carbocycles. The van der Waals surface area contributed by atoms with Crippen LogP contribution >= 0.6 is 0 Å². The molecule has 1 atom stereocenters. The number of nitrogens with one attached hydrogen (secondary N) is 1. The first-order valence-electron chi connectivity index (χ1n) is 4.94. The monoisotopic (exact) mass is 238 g/mol. The van der Waals surface area contributed by atoms with Gasteiger partial charge < -0.3 is 20.9 Å². The number of hydrogen-bond acceptors (Lipinski definition) is 3. The molecule has 6 heteroatoms. The van der Waals surface area contributed by atoms with Crippen molar-refractivity contribution in [2.45, 2.75) is 12.5 Å². The lowest BCUT2D eigenvalue weighted by Crippen LogP contribution is -2.45. The summed E-state index contributed by atoms with van der Waals surface area (Å²) in [7, 11) is 1.55. The summed E-state index contributed by atoms with van der Waals surface area (Å²) in [6, 6.07) is 6.03. The number of carbonyl (C=O) groups is 2. The smallest absolute Gasteiger partial charge is 0.405 e. The molecule has 0 saturated heterocycles. The van der Waals surface area contributed by atoms with E-state index in [-0.39, 0.29) is 6.42 Å². The predicted octanol–water partition coefficient (Wildman–Crippen LogP) is 0.359. The zero-order valence-electron chi connectivity index (χ0n) is 9.34. The van der Waals surface area contributed by atoms with Gasteiger partial charge in [0.15, 0.2) is 0 Å². The van der Waals surface area contributed by atoms with Gasteiger partial charge in [0.2, 0.25) is 5.91 Å². The van der Waals surface area contributed by atoms with Crippen LogP contribution in [0.2, 0.25) is 0 Å². The Balaban J connectivity index is 2.71. The Bertz CT molecular complexity index is 402. The number of benzene rings is 1. The van der Waals surface area contributed by atoms with E-state index < -0.39 is 18.0 Å². The van der Waals surface area contributed by atoms with Gasteiger partial charge >= 0.3 is 6.09 Å². The third-order valence-corrected chi connectivity index (χ3v) is 2.24. The molecule has 17 heavy (non-hydrogen) atoms. The molecule has 0 spiro atoms. The third-order valence-electron chi connectivity index (χ3n) is 2.24. The second-order valence-electron chi connectivity index (χ2n) is 3.46. The number of hydrogen-bond donors (Lipinski definition) is 3. The predicted molar refractivity (Wildman–Crippen MR) is 60.8 cm³/mol. The average molecular weight is 238 g/mol. The first-order chi connectivity index (χ1) is 8.02. The minimum absolute atomic E-state index is 0.214. The van der Waals surface area contributed by atoms with Gasteiger partial charge in [0.25, 0.3) is 0 Å². The summed E-state index contributed by atoms with van der Waals surface area (Å²) in [5.41, 5.74) is 5.89. The molecule has 1 aromatic carbocycles. The molecule has 0 unspecified atom stereocenters. The Morgan fingerprint density at radius 1 is 1.41 bits per heavy atom. The van der Waals surface area contributed by atoms with Crippen LogP contribution in [0.3, 0.4) is 0 Å².